The minimum absolute atomic E-state index is 0.0773. The van der Waals surface area contributed by atoms with Crippen molar-refractivity contribution in [3.05, 3.63) is 103 Å². The smallest absolute Gasteiger partial charge is 0.255 e. The van der Waals surface area contributed by atoms with Gasteiger partial charge in [-0.1, -0.05) is 62.2 Å². The van der Waals surface area contributed by atoms with Crippen LogP contribution in [0.1, 0.15) is 54.7 Å². The number of carbonyl (C=O) groups is 1. The van der Waals surface area contributed by atoms with Gasteiger partial charge in [0.25, 0.3) is 5.91 Å². The number of aromatic amines is 1. The lowest BCUT2D eigenvalue weighted by Gasteiger charge is -2.40. The Balaban J connectivity index is 1.99. The third-order valence-electron chi connectivity index (χ3n) is 6.68. The van der Waals surface area contributed by atoms with Gasteiger partial charge in [-0.05, 0) is 36.1 Å². The van der Waals surface area contributed by atoms with Gasteiger partial charge < -0.3 is 15.6 Å². The SMILES string of the molecule is CC(C)(C)C[C@@H]1CN(C(=O)c2ccc(=O)[nH]c2)[C@H](c2cccc(Cl)c2F)[C@@]1(N)c1ccc(Cl)cc1F. The number of likely N-dealkylation sites (tertiary alicyclic amines) is 1. The van der Waals surface area contributed by atoms with Crippen molar-refractivity contribution in [1.82, 2.24) is 9.88 Å². The molecule has 9 heteroatoms. The number of nitrogens with one attached hydrogen (secondary N) is 1. The molecule has 1 aliphatic rings. The number of hydrogen-bond donors (Lipinski definition) is 2. The maximum absolute atomic E-state index is 15.5. The van der Waals surface area contributed by atoms with Gasteiger partial charge in [-0.15, -0.1) is 0 Å². The third-order valence-corrected chi connectivity index (χ3v) is 7.21. The third kappa shape index (κ3) is 4.80. The Hall–Kier alpha value is -2.74. The number of halogens is 4. The highest BCUT2D eigenvalue weighted by Crippen LogP contribution is 2.53. The van der Waals surface area contributed by atoms with Gasteiger partial charge in [0.2, 0.25) is 5.56 Å². The molecule has 3 N–H and O–H groups in total. The largest absolute Gasteiger partial charge is 0.329 e. The lowest BCUT2D eigenvalue weighted by molar-refractivity contribution is 0.0700. The van der Waals surface area contributed by atoms with Gasteiger partial charge >= 0.3 is 0 Å². The molecule has 3 aromatic rings. The summed E-state index contributed by atoms with van der Waals surface area (Å²) in [6.45, 7) is 6.19. The van der Waals surface area contributed by atoms with Crippen molar-refractivity contribution < 1.29 is 13.6 Å². The Labute approximate surface area is 218 Å². The molecule has 36 heavy (non-hydrogen) atoms. The van der Waals surface area contributed by atoms with E-state index in [4.69, 9.17) is 28.9 Å². The molecule has 190 valence electrons. The zero-order valence-electron chi connectivity index (χ0n) is 20.1. The molecule has 5 nitrogen and oxygen atoms in total. The van der Waals surface area contributed by atoms with E-state index >= 15 is 8.78 Å². The standard InChI is InChI=1S/C27H27Cl2F2N3O2/c1-26(2,3)12-16-14-34(25(36)15-7-10-22(35)33-13-15)24(18-5-4-6-20(29)23(18)31)27(16,32)19-9-8-17(28)11-21(19)30/h4-11,13,16,24H,12,14,32H2,1-3H3,(H,33,35)/t16-,24-,27+/m1/s1. The molecule has 1 aromatic heterocycles. The van der Waals surface area contributed by atoms with Gasteiger partial charge in [-0.3, -0.25) is 9.59 Å². The molecule has 0 aliphatic carbocycles. The zero-order valence-corrected chi connectivity index (χ0v) is 21.6. The lowest BCUT2D eigenvalue weighted by Crippen LogP contribution is -2.49. The molecule has 1 aliphatic heterocycles. The number of aromatic nitrogens is 1. The number of H-pyrrole nitrogens is 1. The molecule has 0 unspecified atom stereocenters. The van der Waals surface area contributed by atoms with Crippen LogP contribution < -0.4 is 11.3 Å². The first-order valence-corrected chi connectivity index (χ1v) is 12.3. The van der Waals surface area contributed by atoms with Crippen molar-refractivity contribution in [1.29, 1.82) is 0 Å². The monoisotopic (exact) mass is 533 g/mol. The first-order chi connectivity index (χ1) is 16.8. The zero-order chi connectivity index (χ0) is 26.4. The maximum Gasteiger partial charge on any atom is 0.255 e. The molecule has 1 saturated heterocycles. The van der Waals surface area contributed by atoms with Crippen LogP contribution in [0, 0.1) is 23.0 Å². The van der Waals surface area contributed by atoms with Gasteiger partial charge in [-0.25, -0.2) is 8.78 Å². The van der Waals surface area contributed by atoms with Crippen LogP contribution >= 0.6 is 23.2 Å². The van der Waals surface area contributed by atoms with E-state index in [0.29, 0.717) is 6.42 Å². The fourth-order valence-electron chi connectivity index (χ4n) is 5.22. The van der Waals surface area contributed by atoms with E-state index in [1.54, 1.807) is 6.07 Å². The Morgan fingerprint density at radius 2 is 1.89 bits per heavy atom. The van der Waals surface area contributed by atoms with Crippen LogP contribution in [0.15, 0.2) is 59.5 Å². The fourth-order valence-corrected chi connectivity index (χ4v) is 5.56. The summed E-state index contributed by atoms with van der Waals surface area (Å²) in [5.74, 6) is -2.31. The van der Waals surface area contributed by atoms with Crippen LogP contribution in [0.25, 0.3) is 0 Å². The summed E-state index contributed by atoms with van der Waals surface area (Å²) in [6.07, 6.45) is 1.81. The van der Waals surface area contributed by atoms with E-state index in [1.807, 2.05) is 20.8 Å². The molecular formula is C27H27Cl2F2N3O2. The average Bonchev–Trinajstić information content (AvgIpc) is 3.07. The highest BCUT2D eigenvalue weighted by Gasteiger charge is 2.57. The van der Waals surface area contributed by atoms with Crippen LogP contribution in [0.5, 0.6) is 0 Å². The number of benzene rings is 2. The molecule has 0 saturated carbocycles. The van der Waals surface area contributed by atoms with Crippen LogP contribution in [-0.4, -0.2) is 22.3 Å². The summed E-state index contributed by atoms with van der Waals surface area (Å²) in [5, 5.41) is 0.0546. The minimum Gasteiger partial charge on any atom is -0.329 e. The number of pyridine rings is 1. The first kappa shape index (κ1) is 26.3. The Morgan fingerprint density at radius 1 is 1.17 bits per heavy atom. The fraction of sp³-hybridized carbons (Fsp3) is 0.333. The van der Waals surface area contributed by atoms with E-state index in [0.717, 1.165) is 6.07 Å². The van der Waals surface area contributed by atoms with Gasteiger partial charge in [0.15, 0.2) is 0 Å². The number of hydrogen-bond acceptors (Lipinski definition) is 3. The average molecular weight is 534 g/mol. The summed E-state index contributed by atoms with van der Waals surface area (Å²) in [6, 6.07) is 10.2. The van der Waals surface area contributed by atoms with Crippen molar-refractivity contribution in [3.8, 4) is 0 Å². The summed E-state index contributed by atoms with van der Waals surface area (Å²) in [5.41, 5.74) is 5.43. The summed E-state index contributed by atoms with van der Waals surface area (Å²) >= 11 is 12.2. The van der Waals surface area contributed by atoms with Crippen molar-refractivity contribution in [3.63, 3.8) is 0 Å². The van der Waals surface area contributed by atoms with Crippen LogP contribution in [0.2, 0.25) is 10.0 Å². The second-order valence-electron chi connectivity index (χ2n) is 10.5. The van der Waals surface area contributed by atoms with Crippen LogP contribution in [0.4, 0.5) is 8.78 Å². The Morgan fingerprint density at radius 3 is 2.50 bits per heavy atom. The van der Waals surface area contributed by atoms with Crippen LogP contribution in [0.3, 0.4) is 0 Å². The van der Waals surface area contributed by atoms with E-state index in [2.05, 4.69) is 4.98 Å². The van der Waals surface area contributed by atoms with Crippen molar-refractivity contribution >= 4 is 29.1 Å². The van der Waals surface area contributed by atoms with Crippen LogP contribution in [-0.2, 0) is 5.54 Å². The predicted octanol–water partition coefficient (Wildman–Crippen LogP) is 6.06. The second kappa shape index (κ2) is 9.61. The van der Waals surface area contributed by atoms with Crippen molar-refractivity contribution in [2.45, 2.75) is 38.8 Å². The number of carbonyl (C=O) groups excluding carboxylic acids is 1. The van der Waals surface area contributed by atoms with Gasteiger partial charge in [-0.2, -0.15) is 0 Å². The Bertz CT molecular complexity index is 1350. The summed E-state index contributed by atoms with van der Waals surface area (Å²) < 4.78 is 31.0. The number of amides is 1. The molecule has 1 fully saturated rings. The molecule has 3 atom stereocenters. The predicted molar refractivity (Wildman–Crippen MR) is 137 cm³/mol. The van der Waals surface area contributed by atoms with E-state index in [-0.39, 0.29) is 44.3 Å². The number of rotatable bonds is 4. The molecule has 0 radical (unpaired) electrons. The quantitative estimate of drug-likeness (QED) is 0.427. The van der Waals surface area contributed by atoms with E-state index in [9.17, 15) is 9.59 Å². The first-order valence-electron chi connectivity index (χ1n) is 11.5. The lowest BCUT2D eigenvalue weighted by atomic mass is 9.69. The van der Waals surface area contributed by atoms with E-state index in [1.165, 1.54) is 47.5 Å². The molecule has 2 aromatic carbocycles. The normalized spacial score (nSPS) is 22.2. The molecular weight excluding hydrogens is 507 g/mol. The van der Waals surface area contributed by atoms with Gasteiger partial charge in [0.05, 0.1) is 22.2 Å². The molecule has 4 rings (SSSR count). The summed E-state index contributed by atoms with van der Waals surface area (Å²) in [7, 11) is 0. The molecule has 2 heterocycles. The topological polar surface area (TPSA) is 79.2 Å². The Kier molecular flexibility index (Phi) is 7.03. The maximum atomic E-state index is 15.5. The second-order valence-corrected chi connectivity index (χ2v) is 11.3. The highest BCUT2D eigenvalue weighted by molar-refractivity contribution is 6.31. The van der Waals surface area contributed by atoms with Crippen molar-refractivity contribution in [2.24, 2.45) is 17.1 Å². The minimum atomic E-state index is -1.52. The highest BCUT2D eigenvalue weighted by atomic mass is 35.5. The molecule has 0 bridgehead atoms. The summed E-state index contributed by atoms with van der Waals surface area (Å²) in [4.78, 5) is 29.3. The van der Waals surface area contributed by atoms with Gasteiger partial charge in [0, 0.05) is 40.9 Å². The van der Waals surface area contributed by atoms with Crippen molar-refractivity contribution in [2.75, 3.05) is 6.54 Å². The molecule has 1 amide bonds. The van der Waals surface area contributed by atoms with Gasteiger partial charge in [0.1, 0.15) is 11.6 Å². The number of nitrogens with two attached hydrogens (primary N) is 1. The number of nitrogens with zero attached hydrogens (tertiary/aromatic N) is 1. The molecule has 0 spiro atoms. The van der Waals surface area contributed by atoms with E-state index < -0.39 is 35.0 Å².